The second kappa shape index (κ2) is 7.94. The summed E-state index contributed by atoms with van der Waals surface area (Å²) in [5, 5.41) is 9.67. The minimum absolute atomic E-state index is 0.0922. The molecule has 32 heavy (non-hydrogen) atoms. The number of alkyl halides is 3. The number of carbonyl (C=O) groups is 1. The number of rotatable bonds is 4. The first-order chi connectivity index (χ1) is 15.1. The van der Waals surface area contributed by atoms with Crippen LogP contribution in [0.15, 0.2) is 47.9 Å². The molecule has 1 aliphatic rings. The summed E-state index contributed by atoms with van der Waals surface area (Å²) >= 11 is 0. The number of anilines is 1. The van der Waals surface area contributed by atoms with E-state index in [1.807, 2.05) is 0 Å². The number of hydrogen-bond donors (Lipinski definition) is 1. The number of aliphatic carboxylic acids is 1. The molecule has 3 heterocycles. The van der Waals surface area contributed by atoms with Gasteiger partial charge < -0.3 is 10.0 Å². The molecule has 0 aliphatic carbocycles. The molecule has 14 heteroatoms. The lowest BCUT2D eigenvalue weighted by Crippen LogP contribution is -2.58. The molecule has 168 valence electrons. The molecule has 3 aromatic rings. The Kier molecular flexibility index (Phi) is 5.42. The molecule has 0 saturated carbocycles. The quantitative estimate of drug-likeness (QED) is 0.604. The molecule has 2 aromatic heterocycles. The van der Waals surface area contributed by atoms with Gasteiger partial charge in [-0.1, -0.05) is 0 Å². The van der Waals surface area contributed by atoms with E-state index < -0.39 is 38.7 Å². The number of sulfonamides is 1. The summed E-state index contributed by atoms with van der Waals surface area (Å²) in [4.78, 5) is 29.3. The molecule has 1 fully saturated rings. The van der Waals surface area contributed by atoms with Gasteiger partial charge in [0, 0.05) is 19.6 Å². The number of carboxylic acid groups (broad SMARTS) is 1. The molecule has 1 N–H and O–H groups in total. The van der Waals surface area contributed by atoms with Crippen LogP contribution in [0.3, 0.4) is 0 Å². The van der Waals surface area contributed by atoms with Gasteiger partial charge in [-0.2, -0.15) is 17.5 Å². The van der Waals surface area contributed by atoms with Crippen molar-refractivity contribution in [3.63, 3.8) is 0 Å². The topological polar surface area (TPSA) is 129 Å². The van der Waals surface area contributed by atoms with Crippen LogP contribution in [0, 0.1) is 0 Å². The van der Waals surface area contributed by atoms with Gasteiger partial charge in [0.2, 0.25) is 10.0 Å². The van der Waals surface area contributed by atoms with Crippen molar-refractivity contribution in [3.05, 3.63) is 48.5 Å². The zero-order chi connectivity index (χ0) is 23.1. The predicted octanol–water partition coefficient (Wildman–Crippen LogP) is 1.40. The van der Waals surface area contributed by atoms with E-state index in [1.165, 1.54) is 18.7 Å². The number of fused-ring (bicyclic) bond motifs is 1. The summed E-state index contributed by atoms with van der Waals surface area (Å²) in [5.41, 5.74) is -0.270. The molecule has 0 bridgehead atoms. The molecule has 4 rings (SSSR count). The van der Waals surface area contributed by atoms with Gasteiger partial charge in [-0.25, -0.2) is 28.4 Å². The van der Waals surface area contributed by atoms with Gasteiger partial charge in [0.25, 0.3) is 0 Å². The van der Waals surface area contributed by atoms with E-state index in [0.717, 1.165) is 16.4 Å². The molecular weight excluding hydrogens is 453 g/mol. The van der Waals surface area contributed by atoms with Gasteiger partial charge in [-0.05, 0) is 24.3 Å². The van der Waals surface area contributed by atoms with Gasteiger partial charge in [0.1, 0.15) is 23.7 Å². The average Bonchev–Trinajstić information content (AvgIpc) is 2.77. The summed E-state index contributed by atoms with van der Waals surface area (Å²) in [6, 6.07) is 1.44. The molecule has 0 radical (unpaired) electrons. The number of aromatic nitrogens is 4. The zero-order valence-corrected chi connectivity index (χ0v) is 17.0. The fourth-order valence-electron chi connectivity index (χ4n) is 3.32. The van der Waals surface area contributed by atoms with Crippen molar-refractivity contribution in [2.45, 2.75) is 17.1 Å². The van der Waals surface area contributed by atoms with Crippen LogP contribution in [0.4, 0.5) is 19.0 Å². The lowest BCUT2D eigenvalue weighted by atomic mass is 10.2. The Labute approximate surface area is 179 Å². The fraction of sp³-hybridized carbons (Fsp3) is 0.278. The highest BCUT2D eigenvalue weighted by Crippen LogP contribution is 2.31. The van der Waals surface area contributed by atoms with Crippen molar-refractivity contribution in [1.82, 2.24) is 24.2 Å². The highest BCUT2D eigenvalue weighted by atomic mass is 32.2. The molecule has 0 spiro atoms. The average molecular weight is 468 g/mol. The lowest BCUT2D eigenvalue weighted by molar-refractivity contribution is -0.141. The minimum atomic E-state index is -4.62. The van der Waals surface area contributed by atoms with Gasteiger partial charge >= 0.3 is 12.1 Å². The van der Waals surface area contributed by atoms with Gasteiger partial charge in [-0.15, -0.1) is 0 Å². The van der Waals surface area contributed by atoms with Gasteiger partial charge in [0.05, 0.1) is 22.9 Å². The zero-order valence-electron chi connectivity index (χ0n) is 16.1. The monoisotopic (exact) mass is 468 g/mol. The second-order valence-corrected chi connectivity index (χ2v) is 8.79. The van der Waals surface area contributed by atoms with E-state index in [-0.39, 0.29) is 19.6 Å². The number of benzene rings is 1. The van der Waals surface area contributed by atoms with Crippen molar-refractivity contribution in [2.24, 2.45) is 0 Å². The third kappa shape index (κ3) is 4.05. The number of hydrogen-bond acceptors (Lipinski definition) is 8. The second-order valence-electron chi connectivity index (χ2n) is 6.90. The van der Waals surface area contributed by atoms with Crippen LogP contribution < -0.4 is 4.90 Å². The fourth-order valence-corrected chi connectivity index (χ4v) is 4.89. The summed E-state index contributed by atoms with van der Waals surface area (Å²) < 4.78 is 65.1. The normalized spacial score (nSPS) is 18.1. The van der Waals surface area contributed by atoms with E-state index in [0.29, 0.717) is 29.1 Å². The standard InChI is InChI=1S/C18H15F3N6O4S/c19-18(20,21)11-1-3-12(4-2-11)32(30,31)27-6-5-26(9-14(27)17(28)29)15-8-23-13-7-22-10-24-16(13)25-15/h1-4,7-8,10,14H,5-6,9H2,(H,28,29)/t14-/m1/s1. The Morgan fingerprint density at radius 1 is 1.09 bits per heavy atom. The molecular formula is C18H15F3N6O4S. The Morgan fingerprint density at radius 3 is 2.47 bits per heavy atom. The number of piperazine rings is 1. The van der Waals surface area contributed by atoms with Gasteiger partial charge in [0.15, 0.2) is 5.65 Å². The first-order valence-corrected chi connectivity index (χ1v) is 10.6. The van der Waals surface area contributed by atoms with E-state index in [4.69, 9.17) is 0 Å². The molecule has 10 nitrogen and oxygen atoms in total. The third-order valence-corrected chi connectivity index (χ3v) is 6.86. The Balaban J connectivity index is 1.61. The number of halogens is 3. The summed E-state index contributed by atoms with van der Waals surface area (Å²) in [7, 11) is -4.36. The maximum absolute atomic E-state index is 13.0. The van der Waals surface area contributed by atoms with E-state index in [2.05, 4.69) is 19.9 Å². The summed E-state index contributed by atoms with van der Waals surface area (Å²) in [5.74, 6) is -1.09. The first-order valence-electron chi connectivity index (χ1n) is 9.17. The van der Waals surface area contributed by atoms with Crippen molar-refractivity contribution in [1.29, 1.82) is 0 Å². The van der Waals surface area contributed by atoms with Crippen LogP contribution in [0.1, 0.15) is 5.56 Å². The predicted molar refractivity (Wildman–Crippen MR) is 104 cm³/mol. The van der Waals surface area contributed by atoms with Crippen LogP contribution in [0.2, 0.25) is 0 Å². The Hall–Kier alpha value is -3.39. The van der Waals surface area contributed by atoms with E-state index in [9.17, 15) is 31.5 Å². The van der Waals surface area contributed by atoms with E-state index in [1.54, 1.807) is 4.90 Å². The largest absolute Gasteiger partial charge is 0.480 e. The first kappa shape index (κ1) is 21.8. The SMILES string of the molecule is O=C(O)[C@H]1CN(c2cnc3cncnc3n2)CCN1S(=O)(=O)c1ccc(C(F)(F)F)cc1. The van der Waals surface area contributed by atoms with Crippen LogP contribution in [-0.4, -0.2) is 69.4 Å². The van der Waals surface area contributed by atoms with Crippen molar-refractivity contribution in [2.75, 3.05) is 24.5 Å². The molecule has 1 aliphatic heterocycles. The minimum Gasteiger partial charge on any atom is -0.480 e. The highest BCUT2D eigenvalue weighted by molar-refractivity contribution is 7.89. The van der Waals surface area contributed by atoms with Crippen LogP contribution in [0.5, 0.6) is 0 Å². The van der Waals surface area contributed by atoms with Gasteiger partial charge in [-0.3, -0.25) is 4.79 Å². The molecule has 0 amide bonds. The summed E-state index contributed by atoms with van der Waals surface area (Å²) in [6.45, 7) is -0.362. The van der Waals surface area contributed by atoms with E-state index >= 15 is 0 Å². The van der Waals surface area contributed by atoms with Crippen molar-refractivity contribution >= 4 is 33.0 Å². The third-order valence-electron chi connectivity index (χ3n) is 4.94. The summed E-state index contributed by atoms with van der Waals surface area (Å²) in [6.07, 6.45) is -0.461. The van der Waals surface area contributed by atoms with Crippen molar-refractivity contribution in [3.8, 4) is 0 Å². The molecule has 1 aromatic carbocycles. The van der Waals surface area contributed by atoms with Crippen LogP contribution in [-0.2, 0) is 21.0 Å². The molecule has 0 unspecified atom stereocenters. The lowest BCUT2D eigenvalue weighted by Gasteiger charge is -2.38. The van der Waals surface area contributed by atoms with Crippen LogP contribution >= 0.6 is 0 Å². The molecule has 1 saturated heterocycles. The Morgan fingerprint density at radius 2 is 1.81 bits per heavy atom. The smallest absolute Gasteiger partial charge is 0.416 e. The molecule has 1 atom stereocenters. The maximum atomic E-state index is 13.0. The highest BCUT2D eigenvalue weighted by Gasteiger charge is 2.41. The van der Waals surface area contributed by atoms with Crippen LogP contribution in [0.25, 0.3) is 11.2 Å². The van der Waals surface area contributed by atoms with Crippen molar-refractivity contribution < 1.29 is 31.5 Å². The maximum Gasteiger partial charge on any atom is 0.416 e. The number of carboxylic acids is 1. The Bertz CT molecular complexity index is 1270. The number of nitrogens with zero attached hydrogens (tertiary/aromatic N) is 6.